The molecule has 0 saturated carbocycles. The minimum atomic E-state index is -0.518. The molecule has 158 valence electrons. The van der Waals surface area contributed by atoms with Crippen LogP contribution in [0.25, 0.3) is 11.0 Å². The van der Waals surface area contributed by atoms with Crippen molar-refractivity contribution in [2.24, 2.45) is 5.73 Å². The smallest absolute Gasteiger partial charge is 0.252 e. The fraction of sp³-hybridized carbons (Fsp3) is 0.174. The second-order valence-corrected chi connectivity index (χ2v) is 7.41. The van der Waals surface area contributed by atoms with Crippen LogP contribution < -0.4 is 15.8 Å². The van der Waals surface area contributed by atoms with Gasteiger partial charge < -0.3 is 25.1 Å². The number of furan rings is 1. The van der Waals surface area contributed by atoms with Gasteiger partial charge in [-0.25, -0.2) is 4.98 Å². The molecular weight excluding hydrogens is 394 g/mol. The molecule has 4 aromatic rings. The highest BCUT2D eigenvalue weighted by Gasteiger charge is 2.11. The summed E-state index contributed by atoms with van der Waals surface area (Å²) in [6.45, 7) is 1.14. The molecule has 0 fully saturated rings. The highest BCUT2D eigenvalue weighted by Crippen LogP contribution is 2.23. The lowest BCUT2D eigenvalue weighted by Gasteiger charge is -2.12. The first-order valence-corrected chi connectivity index (χ1v) is 9.74. The molecule has 0 radical (unpaired) electrons. The SMILES string of the molecule is CN(C)Cc1cccc(Nc2nccc(OCc3ccc4c(C(N)=O)coc4c3)n2)c1. The number of hydrogen-bond acceptors (Lipinski definition) is 7. The normalized spacial score (nSPS) is 11.1. The molecule has 1 amide bonds. The van der Waals surface area contributed by atoms with E-state index in [2.05, 4.69) is 32.3 Å². The van der Waals surface area contributed by atoms with Gasteiger partial charge in [0.15, 0.2) is 0 Å². The quantitative estimate of drug-likeness (QED) is 0.450. The number of nitrogens with zero attached hydrogens (tertiary/aromatic N) is 3. The number of carbonyl (C=O) groups is 1. The van der Waals surface area contributed by atoms with Crippen molar-refractivity contribution in [2.75, 3.05) is 19.4 Å². The molecule has 0 aliphatic rings. The number of fused-ring (bicyclic) bond motifs is 1. The van der Waals surface area contributed by atoms with Crippen LogP contribution in [0.5, 0.6) is 5.88 Å². The second kappa shape index (κ2) is 8.85. The summed E-state index contributed by atoms with van der Waals surface area (Å²) in [5, 5.41) is 3.90. The molecule has 2 aromatic heterocycles. The Hall–Kier alpha value is -3.91. The largest absolute Gasteiger partial charge is 0.473 e. The van der Waals surface area contributed by atoms with Crippen LogP contribution in [0.3, 0.4) is 0 Å². The molecule has 2 aromatic carbocycles. The highest BCUT2D eigenvalue weighted by atomic mass is 16.5. The van der Waals surface area contributed by atoms with Crippen molar-refractivity contribution in [1.82, 2.24) is 14.9 Å². The van der Waals surface area contributed by atoms with Crippen molar-refractivity contribution >= 4 is 28.5 Å². The van der Waals surface area contributed by atoms with Crippen LogP contribution in [0, 0.1) is 0 Å². The molecule has 0 aliphatic carbocycles. The van der Waals surface area contributed by atoms with Gasteiger partial charge in [-0.15, -0.1) is 0 Å². The highest BCUT2D eigenvalue weighted by molar-refractivity contribution is 6.05. The summed E-state index contributed by atoms with van der Waals surface area (Å²) in [6.07, 6.45) is 3.01. The van der Waals surface area contributed by atoms with Gasteiger partial charge >= 0.3 is 0 Å². The zero-order valence-corrected chi connectivity index (χ0v) is 17.3. The molecule has 0 aliphatic heterocycles. The van der Waals surface area contributed by atoms with E-state index in [1.807, 2.05) is 38.4 Å². The first kappa shape index (κ1) is 20.4. The lowest BCUT2D eigenvalue weighted by molar-refractivity contribution is 0.100. The van der Waals surface area contributed by atoms with E-state index in [1.54, 1.807) is 18.3 Å². The maximum Gasteiger partial charge on any atom is 0.252 e. The predicted octanol–water partition coefficient (Wildman–Crippen LogP) is 3.71. The van der Waals surface area contributed by atoms with Crippen LogP contribution in [-0.4, -0.2) is 34.9 Å². The first-order chi connectivity index (χ1) is 15.0. The van der Waals surface area contributed by atoms with Gasteiger partial charge in [0.2, 0.25) is 11.8 Å². The van der Waals surface area contributed by atoms with Crippen LogP contribution >= 0.6 is 0 Å². The third-order valence-electron chi connectivity index (χ3n) is 4.60. The number of amides is 1. The van der Waals surface area contributed by atoms with Gasteiger partial charge in [-0.3, -0.25) is 4.79 Å². The first-order valence-electron chi connectivity index (χ1n) is 9.74. The molecule has 0 saturated heterocycles. The number of rotatable bonds is 8. The van der Waals surface area contributed by atoms with Gasteiger partial charge in [0, 0.05) is 29.9 Å². The Balaban J connectivity index is 1.43. The Morgan fingerprint density at radius 2 is 2.03 bits per heavy atom. The monoisotopic (exact) mass is 417 g/mol. The Labute approximate surface area is 179 Å². The molecule has 8 heteroatoms. The zero-order chi connectivity index (χ0) is 21.8. The minimum Gasteiger partial charge on any atom is -0.473 e. The van der Waals surface area contributed by atoms with Crippen LogP contribution in [0.2, 0.25) is 0 Å². The summed E-state index contributed by atoms with van der Waals surface area (Å²) in [5.41, 5.74) is 9.27. The van der Waals surface area contributed by atoms with Gasteiger partial charge in [0.25, 0.3) is 5.91 Å². The van der Waals surface area contributed by atoms with E-state index >= 15 is 0 Å². The summed E-state index contributed by atoms with van der Waals surface area (Å²) in [5.74, 6) is 0.377. The van der Waals surface area contributed by atoms with Crippen molar-refractivity contribution in [2.45, 2.75) is 13.2 Å². The molecule has 0 bridgehead atoms. The number of anilines is 2. The fourth-order valence-electron chi connectivity index (χ4n) is 3.23. The Bertz CT molecular complexity index is 1220. The van der Waals surface area contributed by atoms with E-state index in [-0.39, 0.29) is 6.61 Å². The van der Waals surface area contributed by atoms with Gasteiger partial charge in [0.05, 0.1) is 5.56 Å². The van der Waals surface area contributed by atoms with E-state index in [9.17, 15) is 4.79 Å². The number of benzene rings is 2. The third-order valence-corrected chi connectivity index (χ3v) is 4.60. The van der Waals surface area contributed by atoms with E-state index in [4.69, 9.17) is 14.9 Å². The fourth-order valence-corrected chi connectivity index (χ4v) is 3.23. The Morgan fingerprint density at radius 1 is 1.16 bits per heavy atom. The number of ether oxygens (including phenoxy) is 1. The maximum atomic E-state index is 11.4. The summed E-state index contributed by atoms with van der Waals surface area (Å²) in [6, 6.07) is 15.3. The molecule has 31 heavy (non-hydrogen) atoms. The van der Waals surface area contributed by atoms with Crippen LogP contribution in [0.1, 0.15) is 21.5 Å². The Kier molecular flexibility index (Phi) is 5.81. The minimum absolute atomic E-state index is 0.289. The number of nitrogens with one attached hydrogen (secondary N) is 1. The molecule has 8 nitrogen and oxygen atoms in total. The predicted molar refractivity (Wildman–Crippen MR) is 118 cm³/mol. The van der Waals surface area contributed by atoms with E-state index in [1.165, 1.54) is 11.8 Å². The molecule has 0 atom stereocenters. The summed E-state index contributed by atoms with van der Waals surface area (Å²) in [7, 11) is 4.06. The summed E-state index contributed by atoms with van der Waals surface area (Å²) >= 11 is 0. The lowest BCUT2D eigenvalue weighted by Crippen LogP contribution is -2.10. The van der Waals surface area contributed by atoms with Crippen molar-refractivity contribution in [1.29, 1.82) is 0 Å². The average molecular weight is 417 g/mol. The van der Waals surface area contributed by atoms with Crippen molar-refractivity contribution in [3.63, 3.8) is 0 Å². The molecular formula is C23H23N5O3. The van der Waals surface area contributed by atoms with Crippen LogP contribution in [-0.2, 0) is 13.2 Å². The van der Waals surface area contributed by atoms with E-state index in [0.717, 1.165) is 17.8 Å². The van der Waals surface area contributed by atoms with E-state index in [0.29, 0.717) is 28.4 Å². The summed E-state index contributed by atoms with van der Waals surface area (Å²) < 4.78 is 11.2. The van der Waals surface area contributed by atoms with Crippen molar-refractivity contribution in [3.05, 3.63) is 77.7 Å². The van der Waals surface area contributed by atoms with Gasteiger partial charge in [-0.1, -0.05) is 18.2 Å². The number of carbonyl (C=O) groups excluding carboxylic acids is 1. The molecule has 4 rings (SSSR count). The van der Waals surface area contributed by atoms with Gasteiger partial charge in [0.1, 0.15) is 18.5 Å². The molecule has 0 spiro atoms. The van der Waals surface area contributed by atoms with Crippen LogP contribution in [0.15, 0.2) is 65.4 Å². The molecule has 2 heterocycles. The third kappa shape index (κ3) is 4.99. The Morgan fingerprint density at radius 3 is 2.84 bits per heavy atom. The van der Waals surface area contributed by atoms with Crippen molar-refractivity contribution in [3.8, 4) is 5.88 Å². The van der Waals surface area contributed by atoms with E-state index < -0.39 is 5.91 Å². The van der Waals surface area contributed by atoms with Crippen LogP contribution in [0.4, 0.5) is 11.6 Å². The molecule has 0 unspecified atom stereocenters. The standard InChI is InChI=1S/C23H23N5O3/c1-28(2)12-15-4-3-5-17(10-15)26-23-25-9-8-21(27-23)31-13-16-6-7-18-19(22(24)29)14-30-20(18)11-16/h3-11,14H,12-13H2,1-2H3,(H2,24,29)(H,25,26,27). The number of primary amides is 1. The topological polar surface area (TPSA) is 107 Å². The lowest BCUT2D eigenvalue weighted by atomic mass is 10.1. The second-order valence-electron chi connectivity index (χ2n) is 7.41. The van der Waals surface area contributed by atoms with Gasteiger partial charge in [-0.05, 0) is 49.5 Å². The average Bonchev–Trinajstić information content (AvgIpc) is 3.16. The number of aromatic nitrogens is 2. The number of hydrogen-bond donors (Lipinski definition) is 2. The molecule has 3 N–H and O–H groups in total. The van der Waals surface area contributed by atoms with Crippen molar-refractivity contribution < 1.29 is 13.9 Å². The van der Waals surface area contributed by atoms with Gasteiger partial charge in [-0.2, -0.15) is 4.98 Å². The summed E-state index contributed by atoms with van der Waals surface area (Å²) in [4.78, 5) is 22.2. The zero-order valence-electron chi connectivity index (χ0n) is 17.3. The maximum absolute atomic E-state index is 11.4. The number of nitrogens with two attached hydrogens (primary N) is 1.